The molecule has 1 aromatic rings. The van der Waals surface area contributed by atoms with Crippen LogP contribution in [-0.4, -0.2) is 34.2 Å². The summed E-state index contributed by atoms with van der Waals surface area (Å²) in [6, 6.07) is 1.68. The van der Waals surface area contributed by atoms with Crippen LogP contribution in [0.25, 0.3) is 0 Å². The SMILES string of the molecule is CC(C)CN(C)C(=O)Cn1ccc(N)n1. The van der Waals surface area contributed by atoms with Crippen molar-refractivity contribution in [3.8, 4) is 0 Å². The third-order valence-corrected chi connectivity index (χ3v) is 2.02. The molecular weight excluding hydrogens is 192 g/mol. The molecule has 15 heavy (non-hydrogen) atoms. The molecule has 0 saturated carbocycles. The summed E-state index contributed by atoms with van der Waals surface area (Å²) < 4.78 is 1.55. The lowest BCUT2D eigenvalue weighted by Crippen LogP contribution is -2.33. The fraction of sp³-hybridized carbons (Fsp3) is 0.600. The van der Waals surface area contributed by atoms with E-state index in [1.54, 1.807) is 28.9 Å². The van der Waals surface area contributed by atoms with Crippen LogP contribution in [0, 0.1) is 5.92 Å². The van der Waals surface area contributed by atoms with Crippen LogP contribution in [0.4, 0.5) is 5.82 Å². The minimum absolute atomic E-state index is 0.0480. The first-order chi connectivity index (χ1) is 6.99. The van der Waals surface area contributed by atoms with Crippen LogP contribution in [0.15, 0.2) is 12.3 Å². The summed E-state index contributed by atoms with van der Waals surface area (Å²) in [6.07, 6.45) is 1.70. The average molecular weight is 210 g/mol. The summed E-state index contributed by atoms with van der Waals surface area (Å²) in [4.78, 5) is 13.4. The Balaban J connectivity index is 2.48. The third kappa shape index (κ3) is 3.61. The highest BCUT2D eigenvalue weighted by atomic mass is 16.2. The Kier molecular flexibility index (Phi) is 3.71. The normalized spacial score (nSPS) is 10.7. The molecule has 0 radical (unpaired) electrons. The van der Waals surface area contributed by atoms with Gasteiger partial charge in [-0.25, -0.2) is 0 Å². The Bertz CT molecular complexity index is 332. The highest BCUT2D eigenvalue weighted by Gasteiger charge is 2.10. The molecule has 0 aliphatic heterocycles. The first kappa shape index (κ1) is 11.6. The highest BCUT2D eigenvalue weighted by Crippen LogP contribution is 2.00. The van der Waals surface area contributed by atoms with Gasteiger partial charge in [-0.05, 0) is 12.0 Å². The van der Waals surface area contributed by atoms with E-state index in [0.717, 1.165) is 6.54 Å². The summed E-state index contributed by atoms with van der Waals surface area (Å²) in [5.74, 6) is 0.961. The maximum absolute atomic E-state index is 11.7. The fourth-order valence-electron chi connectivity index (χ4n) is 1.37. The zero-order chi connectivity index (χ0) is 11.4. The molecule has 0 aliphatic rings. The van der Waals surface area contributed by atoms with Crippen molar-refractivity contribution in [1.82, 2.24) is 14.7 Å². The van der Waals surface area contributed by atoms with Gasteiger partial charge in [0.1, 0.15) is 12.4 Å². The molecule has 1 rings (SSSR count). The molecule has 0 unspecified atom stereocenters. The molecule has 0 spiro atoms. The Morgan fingerprint density at radius 1 is 1.67 bits per heavy atom. The van der Waals surface area contributed by atoms with E-state index in [2.05, 4.69) is 18.9 Å². The largest absolute Gasteiger partial charge is 0.382 e. The number of likely N-dealkylation sites (N-methyl/N-ethyl adjacent to an activating group) is 1. The van der Waals surface area contributed by atoms with E-state index in [-0.39, 0.29) is 12.5 Å². The number of nitrogens with zero attached hydrogens (tertiary/aromatic N) is 3. The van der Waals surface area contributed by atoms with Crippen LogP contribution in [-0.2, 0) is 11.3 Å². The minimum atomic E-state index is 0.0480. The molecule has 1 heterocycles. The van der Waals surface area contributed by atoms with Crippen LogP contribution in [0.2, 0.25) is 0 Å². The monoisotopic (exact) mass is 210 g/mol. The second kappa shape index (κ2) is 4.82. The number of nitrogens with two attached hydrogens (primary N) is 1. The van der Waals surface area contributed by atoms with Crippen molar-refractivity contribution in [2.75, 3.05) is 19.3 Å². The topological polar surface area (TPSA) is 64.2 Å². The Morgan fingerprint density at radius 2 is 2.33 bits per heavy atom. The molecule has 1 aromatic heterocycles. The van der Waals surface area contributed by atoms with Crippen LogP contribution in [0.1, 0.15) is 13.8 Å². The standard InChI is InChI=1S/C10H18N4O/c1-8(2)6-13(3)10(15)7-14-5-4-9(11)12-14/h4-5,8H,6-7H2,1-3H3,(H2,11,12). The quantitative estimate of drug-likeness (QED) is 0.790. The Hall–Kier alpha value is -1.52. The number of anilines is 1. The van der Waals surface area contributed by atoms with Gasteiger partial charge < -0.3 is 10.6 Å². The first-order valence-corrected chi connectivity index (χ1v) is 5.02. The molecule has 1 amide bonds. The van der Waals surface area contributed by atoms with Crippen LogP contribution < -0.4 is 5.73 Å². The summed E-state index contributed by atoms with van der Waals surface area (Å²) in [5, 5.41) is 3.96. The van der Waals surface area contributed by atoms with Crippen molar-refractivity contribution in [2.24, 2.45) is 5.92 Å². The van der Waals surface area contributed by atoms with Crippen LogP contribution in [0.5, 0.6) is 0 Å². The number of rotatable bonds is 4. The number of amides is 1. The summed E-state index contributed by atoms with van der Waals surface area (Å²) in [6.45, 7) is 5.17. The van der Waals surface area contributed by atoms with E-state index in [4.69, 9.17) is 5.73 Å². The number of aromatic nitrogens is 2. The minimum Gasteiger partial charge on any atom is -0.382 e. The maximum Gasteiger partial charge on any atom is 0.244 e. The molecule has 0 bridgehead atoms. The number of carbonyl (C=O) groups is 1. The molecule has 5 heteroatoms. The molecular formula is C10H18N4O. The highest BCUT2D eigenvalue weighted by molar-refractivity contribution is 5.75. The van der Waals surface area contributed by atoms with Crippen LogP contribution >= 0.6 is 0 Å². The van der Waals surface area contributed by atoms with Gasteiger partial charge in [0, 0.05) is 19.8 Å². The van der Waals surface area contributed by atoms with Crippen LogP contribution in [0.3, 0.4) is 0 Å². The van der Waals surface area contributed by atoms with Gasteiger partial charge >= 0.3 is 0 Å². The zero-order valence-corrected chi connectivity index (χ0v) is 9.47. The van der Waals surface area contributed by atoms with Gasteiger partial charge in [-0.1, -0.05) is 13.8 Å². The second-order valence-electron chi connectivity index (χ2n) is 4.11. The number of hydrogen-bond donors (Lipinski definition) is 1. The number of hydrogen-bond acceptors (Lipinski definition) is 3. The van der Waals surface area contributed by atoms with Gasteiger partial charge in [0.25, 0.3) is 0 Å². The number of carbonyl (C=O) groups excluding carboxylic acids is 1. The molecule has 0 saturated heterocycles. The van der Waals surface area contributed by atoms with E-state index >= 15 is 0 Å². The lowest BCUT2D eigenvalue weighted by atomic mass is 10.2. The van der Waals surface area contributed by atoms with Crippen molar-refractivity contribution in [3.05, 3.63) is 12.3 Å². The smallest absolute Gasteiger partial charge is 0.244 e. The molecule has 0 aromatic carbocycles. The maximum atomic E-state index is 11.7. The molecule has 0 aliphatic carbocycles. The average Bonchev–Trinajstić information content (AvgIpc) is 2.50. The van der Waals surface area contributed by atoms with E-state index < -0.39 is 0 Å². The van der Waals surface area contributed by atoms with Gasteiger partial charge in [0.2, 0.25) is 5.91 Å². The van der Waals surface area contributed by atoms with Crippen molar-refractivity contribution in [1.29, 1.82) is 0 Å². The van der Waals surface area contributed by atoms with E-state index in [0.29, 0.717) is 11.7 Å². The summed E-state index contributed by atoms with van der Waals surface area (Å²) in [7, 11) is 1.80. The van der Waals surface area contributed by atoms with E-state index in [9.17, 15) is 4.79 Å². The van der Waals surface area contributed by atoms with Gasteiger partial charge in [-0.15, -0.1) is 0 Å². The van der Waals surface area contributed by atoms with Gasteiger partial charge in [0.05, 0.1) is 0 Å². The Labute approximate surface area is 89.9 Å². The van der Waals surface area contributed by atoms with Crippen molar-refractivity contribution in [3.63, 3.8) is 0 Å². The lowest BCUT2D eigenvalue weighted by Gasteiger charge is -2.19. The Morgan fingerprint density at radius 3 is 2.80 bits per heavy atom. The van der Waals surface area contributed by atoms with Gasteiger partial charge in [-0.3, -0.25) is 9.48 Å². The number of nitrogen functional groups attached to an aromatic ring is 1. The molecule has 2 N–H and O–H groups in total. The zero-order valence-electron chi connectivity index (χ0n) is 9.47. The van der Waals surface area contributed by atoms with Crippen molar-refractivity contribution < 1.29 is 4.79 Å². The second-order valence-corrected chi connectivity index (χ2v) is 4.11. The molecule has 0 fully saturated rings. The molecule has 84 valence electrons. The van der Waals surface area contributed by atoms with Crippen molar-refractivity contribution >= 4 is 11.7 Å². The first-order valence-electron chi connectivity index (χ1n) is 5.02. The summed E-state index contributed by atoms with van der Waals surface area (Å²) in [5.41, 5.74) is 5.45. The lowest BCUT2D eigenvalue weighted by molar-refractivity contribution is -0.131. The fourth-order valence-corrected chi connectivity index (χ4v) is 1.37. The van der Waals surface area contributed by atoms with E-state index in [1.165, 1.54) is 0 Å². The predicted molar refractivity (Wildman–Crippen MR) is 59.1 cm³/mol. The molecule has 0 atom stereocenters. The van der Waals surface area contributed by atoms with E-state index in [1.807, 2.05) is 0 Å². The third-order valence-electron chi connectivity index (χ3n) is 2.02. The van der Waals surface area contributed by atoms with Gasteiger partial charge in [0.15, 0.2) is 0 Å². The predicted octanol–water partition coefficient (Wildman–Crippen LogP) is 0.580. The summed E-state index contributed by atoms with van der Waals surface area (Å²) >= 11 is 0. The van der Waals surface area contributed by atoms with Gasteiger partial charge in [-0.2, -0.15) is 5.10 Å². The van der Waals surface area contributed by atoms with Crippen molar-refractivity contribution in [2.45, 2.75) is 20.4 Å². The molecule has 5 nitrogen and oxygen atoms in total.